The molecule has 0 aromatic heterocycles. The summed E-state index contributed by atoms with van der Waals surface area (Å²) in [6.45, 7) is 6.01. The average molecular weight is 409 g/mol. The van der Waals surface area contributed by atoms with Gasteiger partial charge in [-0.3, -0.25) is 9.59 Å². The van der Waals surface area contributed by atoms with E-state index in [9.17, 15) is 19.8 Å². The van der Waals surface area contributed by atoms with Gasteiger partial charge in [-0.15, -0.1) is 0 Å². The smallest absolute Gasteiger partial charge is 0.308 e. The molecular weight excluding hydrogens is 372 g/mol. The number of carbonyl (C=O) groups excluding carboxylic acids is 1. The first-order chi connectivity index (χ1) is 13.7. The van der Waals surface area contributed by atoms with Gasteiger partial charge < -0.3 is 20.1 Å². The van der Waals surface area contributed by atoms with E-state index in [1.54, 1.807) is 0 Å². The predicted octanol–water partition coefficient (Wildman–Crippen LogP) is 3.47. The lowest BCUT2D eigenvalue weighted by atomic mass is 9.68. The normalized spacial score (nSPS) is 29.3. The molecular formula is C23H36O6. The number of carbonyl (C=O) groups is 2. The van der Waals surface area contributed by atoms with E-state index in [4.69, 9.17) is 9.84 Å². The van der Waals surface area contributed by atoms with Crippen LogP contribution in [0.15, 0.2) is 23.8 Å². The monoisotopic (exact) mass is 408 g/mol. The first-order valence-electron chi connectivity index (χ1n) is 10.9. The van der Waals surface area contributed by atoms with Crippen molar-refractivity contribution in [2.45, 2.75) is 84.0 Å². The predicted molar refractivity (Wildman–Crippen MR) is 110 cm³/mol. The summed E-state index contributed by atoms with van der Waals surface area (Å²) in [6.07, 6.45) is 7.94. The summed E-state index contributed by atoms with van der Waals surface area (Å²) in [7, 11) is 0. The van der Waals surface area contributed by atoms with Gasteiger partial charge in [0, 0.05) is 5.92 Å². The lowest BCUT2D eigenvalue weighted by Gasteiger charge is -2.41. The van der Waals surface area contributed by atoms with Crippen LogP contribution in [0.25, 0.3) is 0 Å². The molecule has 0 amide bonds. The zero-order valence-corrected chi connectivity index (χ0v) is 17.8. The molecule has 0 bridgehead atoms. The molecule has 2 unspecified atom stereocenters. The van der Waals surface area contributed by atoms with Gasteiger partial charge in [0.05, 0.1) is 24.5 Å². The van der Waals surface area contributed by atoms with Crippen molar-refractivity contribution >= 4 is 11.9 Å². The molecule has 29 heavy (non-hydrogen) atoms. The highest BCUT2D eigenvalue weighted by Gasteiger charge is 2.39. The van der Waals surface area contributed by atoms with E-state index in [1.165, 1.54) is 5.57 Å². The first kappa shape index (κ1) is 23.6. The van der Waals surface area contributed by atoms with Crippen LogP contribution in [-0.4, -0.2) is 45.6 Å². The van der Waals surface area contributed by atoms with Crippen LogP contribution in [0.5, 0.6) is 0 Å². The van der Waals surface area contributed by atoms with Crippen molar-refractivity contribution in [1.29, 1.82) is 0 Å². The molecule has 164 valence electrons. The van der Waals surface area contributed by atoms with E-state index in [1.807, 2.05) is 13.8 Å². The highest BCUT2D eigenvalue weighted by atomic mass is 16.5. The van der Waals surface area contributed by atoms with E-state index >= 15 is 0 Å². The van der Waals surface area contributed by atoms with Gasteiger partial charge in [-0.05, 0) is 55.9 Å². The van der Waals surface area contributed by atoms with Gasteiger partial charge in [-0.25, -0.2) is 0 Å². The molecule has 0 aromatic carbocycles. The Hall–Kier alpha value is -1.66. The van der Waals surface area contributed by atoms with Crippen LogP contribution in [0, 0.1) is 23.7 Å². The fraction of sp³-hybridized carbons (Fsp3) is 0.739. The summed E-state index contributed by atoms with van der Waals surface area (Å²) in [6, 6.07) is 0. The number of aliphatic carboxylic acids is 1. The summed E-state index contributed by atoms with van der Waals surface area (Å²) in [5.74, 6) is -0.610. The van der Waals surface area contributed by atoms with E-state index < -0.39 is 18.2 Å². The number of hydrogen-bond donors (Lipinski definition) is 3. The molecule has 0 heterocycles. The van der Waals surface area contributed by atoms with E-state index in [0.717, 1.165) is 25.7 Å². The van der Waals surface area contributed by atoms with Crippen molar-refractivity contribution in [3.63, 3.8) is 0 Å². The summed E-state index contributed by atoms with van der Waals surface area (Å²) < 4.78 is 5.95. The van der Waals surface area contributed by atoms with E-state index in [-0.39, 0.29) is 42.7 Å². The minimum absolute atomic E-state index is 0.0612. The van der Waals surface area contributed by atoms with Crippen molar-refractivity contribution in [3.8, 4) is 0 Å². The molecule has 0 saturated heterocycles. The van der Waals surface area contributed by atoms with Crippen LogP contribution in [0.3, 0.4) is 0 Å². The standard InChI is InChI=1S/C23H36O6/c1-4-15(3)23(28)29-20-11-14(2)10-17-7-5-6-16(22(17)20)8-9-18(24)12-19(25)13-21(26)27/h5,7,10,14-16,18-20,22,24-25H,4,6,8-9,11-13H2,1-3H3,(H,26,27)/t14-,15-,16?,18+,19?,20-,22+/m0/s1. The van der Waals surface area contributed by atoms with E-state index in [2.05, 4.69) is 25.2 Å². The van der Waals surface area contributed by atoms with Crippen LogP contribution < -0.4 is 0 Å². The fourth-order valence-electron chi connectivity index (χ4n) is 4.48. The van der Waals surface area contributed by atoms with Crippen LogP contribution in [0.2, 0.25) is 0 Å². The Morgan fingerprint density at radius 1 is 1.28 bits per heavy atom. The van der Waals surface area contributed by atoms with Crippen molar-refractivity contribution in [1.82, 2.24) is 0 Å². The number of aliphatic hydroxyl groups excluding tert-OH is 2. The second-order valence-electron chi connectivity index (χ2n) is 8.81. The average Bonchev–Trinajstić information content (AvgIpc) is 2.64. The molecule has 0 fully saturated rings. The SMILES string of the molecule is CC[C@H](C)C(=O)O[C@H]1C[C@@H](C)C=C2C=CCC(CC[C@@H](O)CC(O)CC(=O)O)[C@H]21. The number of ether oxygens (including phenoxy) is 1. The van der Waals surface area contributed by atoms with Crippen LogP contribution in [-0.2, 0) is 14.3 Å². The lowest BCUT2D eigenvalue weighted by molar-refractivity contribution is -0.158. The number of allylic oxidation sites excluding steroid dienone is 3. The third-order valence-electron chi connectivity index (χ3n) is 6.23. The molecule has 0 radical (unpaired) electrons. The summed E-state index contributed by atoms with van der Waals surface area (Å²) in [5, 5.41) is 28.7. The second kappa shape index (κ2) is 10.9. The zero-order valence-electron chi connectivity index (χ0n) is 17.8. The van der Waals surface area contributed by atoms with Crippen molar-refractivity contribution in [2.75, 3.05) is 0 Å². The third-order valence-corrected chi connectivity index (χ3v) is 6.23. The van der Waals surface area contributed by atoms with Crippen molar-refractivity contribution in [2.24, 2.45) is 23.7 Å². The maximum Gasteiger partial charge on any atom is 0.308 e. The van der Waals surface area contributed by atoms with Gasteiger partial charge in [0.25, 0.3) is 0 Å². The summed E-state index contributed by atoms with van der Waals surface area (Å²) in [5.41, 5.74) is 1.21. The lowest BCUT2D eigenvalue weighted by Crippen LogP contribution is -2.39. The first-order valence-corrected chi connectivity index (χ1v) is 10.9. The topological polar surface area (TPSA) is 104 Å². The molecule has 2 aliphatic rings. The highest BCUT2D eigenvalue weighted by molar-refractivity contribution is 5.72. The molecule has 0 spiro atoms. The molecule has 3 N–H and O–H groups in total. The molecule has 0 aromatic rings. The number of carboxylic acids is 1. The Labute approximate surface area is 173 Å². The minimum atomic E-state index is -1.07. The fourth-order valence-corrected chi connectivity index (χ4v) is 4.48. The molecule has 7 atom stereocenters. The molecule has 0 aliphatic heterocycles. The number of esters is 1. The Balaban J connectivity index is 2.02. The van der Waals surface area contributed by atoms with Gasteiger partial charge >= 0.3 is 11.9 Å². The van der Waals surface area contributed by atoms with Crippen molar-refractivity contribution < 1.29 is 29.6 Å². The molecule has 6 nitrogen and oxygen atoms in total. The molecule has 0 saturated carbocycles. The molecule has 2 rings (SSSR count). The zero-order chi connectivity index (χ0) is 21.6. The number of fused-ring (bicyclic) bond motifs is 1. The van der Waals surface area contributed by atoms with E-state index in [0.29, 0.717) is 12.3 Å². The number of carboxylic acid groups (broad SMARTS) is 1. The quantitative estimate of drug-likeness (QED) is 0.478. The second-order valence-corrected chi connectivity index (χ2v) is 8.81. The maximum absolute atomic E-state index is 12.4. The van der Waals surface area contributed by atoms with Crippen LogP contribution >= 0.6 is 0 Å². The molecule has 2 aliphatic carbocycles. The van der Waals surface area contributed by atoms with Gasteiger partial charge in [0.1, 0.15) is 6.10 Å². The van der Waals surface area contributed by atoms with Gasteiger partial charge in [0.15, 0.2) is 0 Å². The van der Waals surface area contributed by atoms with Crippen LogP contribution in [0.1, 0.15) is 65.7 Å². The summed E-state index contributed by atoms with van der Waals surface area (Å²) >= 11 is 0. The Morgan fingerprint density at radius 2 is 2.00 bits per heavy atom. The van der Waals surface area contributed by atoms with Gasteiger partial charge in [-0.2, -0.15) is 0 Å². The Bertz CT molecular complexity index is 625. The Kier molecular flexibility index (Phi) is 8.90. The highest BCUT2D eigenvalue weighted by Crippen LogP contribution is 2.43. The maximum atomic E-state index is 12.4. The number of rotatable bonds is 10. The third kappa shape index (κ3) is 6.96. The van der Waals surface area contributed by atoms with Gasteiger partial charge in [-0.1, -0.05) is 39.0 Å². The molecule has 6 heteroatoms. The number of hydrogen-bond acceptors (Lipinski definition) is 5. The largest absolute Gasteiger partial charge is 0.481 e. The van der Waals surface area contributed by atoms with Crippen molar-refractivity contribution in [3.05, 3.63) is 23.8 Å². The summed E-state index contributed by atoms with van der Waals surface area (Å²) in [4.78, 5) is 23.1. The van der Waals surface area contributed by atoms with Crippen LogP contribution in [0.4, 0.5) is 0 Å². The Morgan fingerprint density at radius 3 is 2.66 bits per heavy atom. The number of aliphatic hydroxyl groups is 2. The minimum Gasteiger partial charge on any atom is -0.481 e. The van der Waals surface area contributed by atoms with Gasteiger partial charge in [0.2, 0.25) is 0 Å².